The number of fused-ring (bicyclic) bond motifs is 1. The number of ether oxygens (including phenoxy) is 1. The summed E-state index contributed by atoms with van der Waals surface area (Å²) in [5, 5.41) is 2.69. The molecule has 7 nitrogen and oxygen atoms in total. The van der Waals surface area contributed by atoms with Gasteiger partial charge < -0.3 is 15.0 Å². The number of sulfonamides is 1. The Morgan fingerprint density at radius 1 is 1.21 bits per heavy atom. The summed E-state index contributed by atoms with van der Waals surface area (Å²) in [5.74, 6) is -0.158. The van der Waals surface area contributed by atoms with Crippen LogP contribution in [0, 0.1) is 0 Å². The van der Waals surface area contributed by atoms with Crippen LogP contribution in [0.5, 0.6) is 5.75 Å². The Hall–Kier alpha value is -2.82. The van der Waals surface area contributed by atoms with E-state index in [1.807, 2.05) is 0 Å². The van der Waals surface area contributed by atoms with E-state index in [-0.39, 0.29) is 36.3 Å². The number of amides is 1. The molecule has 1 aromatic carbocycles. The third-order valence-corrected chi connectivity index (χ3v) is 5.03. The summed E-state index contributed by atoms with van der Waals surface area (Å²) in [5.41, 5.74) is 1.02. The molecule has 2 heterocycles. The highest BCUT2D eigenvalue weighted by Gasteiger charge is 2.28. The Balaban J connectivity index is 1.55. The number of hydrogen-bond acceptors (Lipinski definition) is 5. The SMILES string of the molecule is O=C(NCc1ccc(OCC(F)(F)F)cc1)C1=CN2CCS(=O)(=O)N=C2C=C1. The first-order valence-electron chi connectivity index (χ1n) is 8.17. The lowest BCUT2D eigenvalue weighted by molar-refractivity contribution is -0.153. The molecule has 0 fully saturated rings. The zero-order valence-corrected chi connectivity index (χ0v) is 15.3. The Kier molecular flexibility index (Phi) is 5.45. The van der Waals surface area contributed by atoms with Gasteiger partial charge in [0, 0.05) is 19.3 Å². The van der Waals surface area contributed by atoms with E-state index in [9.17, 15) is 26.4 Å². The minimum atomic E-state index is -4.41. The summed E-state index contributed by atoms with van der Waals surface area (Å²) >= 11 is 0. The highest BCUT2D eigenvalue weighted by Crippen LogP contribution is 2.19. The molecule has 150 valence electrons. The van der Waals surface area contributed by atoms with Gasteiger partial charge in [-0.15, -0.1) is 4.40 Å². The number of carbonyl (C=O) groups excluding carboxylic acids is 1. The van der Waals surface area contributed by atoms with Crippen LogP contribution in [0.1, 0.15) is 5.56 Å². The summed E-state index contributed by atoms with van der Waals surface area (Å²) in [6.07, 6.45) is 0.0475. The molecule has 11 heteroatoms. The minimum Gasteiger partial charge on any atom is -0.484 e. The quantitative estimate of drug-likeness (QED) is 0.792. The number of rotatable bonds is 5. The van der Waals surface area contributed by atoms with E-state index in [1.54, 1.807) is 17.0 Å². The molecule has 1 amide bonds. The lowest BCUT2D eigenvalue weighted by atomic mass is 10.1. The van der Waals surface area contributed by atoms with Gasteiger partial charge in [0.1, 0.15) is 11.6 Å². The fourth-order valence-corrected chi connectivity index (χ4v) is 3.46. The van der Waals surface area contributed by atoms with Crippen LogP contribution < -0.4 is 10.1 Å². The molecule has 28 heavy (non-hydrogen) atoms. The average molecular weight is 415 g/mol. The van der Waals surface area contributed by atoms with Crippen molar-refractivity contribution in [3.63, 3.8) is 0 Å². The predicted octanol–water partition coefficient (Wildman–Crippen LogP) is 1.74. The van der Waals surface area contributed by atoms with Gasteiger partial charge >= 0.3 is 6.18 Å². The smallest absolute Gasteiger partial charge is 0.422 e. The molecule has 0 aliphatic carbocycles. The Morgan fingerprint density at radius 2 is 1.93 bits per heavy atom. The van der Waals surface area contributed by atoms with Gasteiger partial charge in [0.05, 0.1) is 11.3 Å². The first kappa shape index (κ1) is 19.9. The van der Waals surface area contributed by atoms with E-state index in [2.05, 4.69) is 14.5 Å². The number of amidine groups is 1. The maximum Gasteiger partial charge on any atom is 0.422 e. The summed E-state index contributed by atoms with van der Waals surface area (Å²) in [7, 11) is -3.46. The zero-order valence-electron chi connectivity index (χ0n) is 14.4. The van der Waals surface area contributed by atoms with Gasteiger partial charge in [-0.2, -0.15) is 13.2 Å². The number of halogens is 3. The van der Waals surface area contributed by atoms with Gasteiger partial charge in [0.2, 0.25) is 0 Å². The van der Waals surface area contributed by atoms with Crippen LogP contribution in [-0.4, -0.2) is 50.1 Å². The largest absolute Gasteiger partial charge is 0.484 e. The van der Waals surface area contributed by atoms with Crippen LogP contribution in [0.3, 0.4) is 0 Å². The maximum absolute atomic E-state index is 12.3. The summed E-state index contributed by atoms with van der Waals surface area (Å²) in [6, 6.07) is 5.89. The van der Waals surface area contributed by atoms with Crippen LogP contribution >= 0.6 is 0 Å². The van der Waals surface area contributed by atoms with Crippen molar-refractivity contribution >= 4 is 21.8 Å². The molecule has 2 aliphatic heterocycles. The van der Waals surface area contributed by atoms with Crippen molar-refractivity contribution in [3.05, 3.63) is 53.8 Å². The molecule has 0 radical (unpaired) electrons. The van der Waals surface area contributed by atoms with Crippen molar-refractivity contribution in [2.45, 2.75) is 12.7 Å². The third kappa shape index (κ3) is 5.35. The predicted molar refractivity (Wildman–Crippen MR) is 95.0 cm³/mol. The number of benzene rings is 1. The van der Waals surface area contributed by atoms with E-state index >= 15 is 0 Å². The second-order valence-electron chi connectivity index (χ2n) is 6.08. The number of alkyl halides is 3. The van der Waals surface area contributed by atoms with Crippen molar-refractivity contribution in [2.75, 3.05) is 18.9 Å². The molecule has 0 atom stereocenters. The van der Waals surface area contributed by atoms with Crippen LogP contribution in [0.15, 0.2) is 52.6 Å². The summed E-state index contributed by atoms with van der Waals surface area (Å²) in [4.78, 5) is 13.9. The van der Waals surface area contributed by atoms with Gasteiger partial charge in [-0.05, 0) is 29.8 Å². The number of carbonyl (C=O) groups is 1. The van der Waals surface area contributed by atoms with Crippen molar-refractivity contribution in [1.29, 1.82) is 0 Å². The zero-order chi connectivity index (χ0) is 20.4. The van der Waals surface area contributed by atoms with Crippen LogP contribution in [0.4, 0.5) is 13.2 Å². The molecule has 1 N–H and O–H groups in total. The monoisotopic (exact) mass is 415 g/mol. The fourth-order valence-electron chi connectivity index (χ4n) is 2.49. The summed E-state index contributed by atoms with van der Waals surface area (Å²) < 4.78 is 67.6. The molecule has 0 aromatic heterocycles. The molecule has 1 aromatic rings. The van der Waals surface area contributed by atoms with E-state index in [1.165, 1.54) is 30.5 Å². The van der Waals surface area contributed by atoms with Crippen LogP contribution in [-0.2, 0) is 21.4 Å². The Labute approximate surface area is 159 Å². The van der Waals surface area contributed by atoms with Gasteiger partial charge in [0.15, 0.2) is 6.61 Å². The van der Waals surface area contributed by atoms with Crippen molar-refractivity contribution in [1.82, 2.24) is 10.2 Å². The topological polar surface area (TPSA) is 88.1 Å². The normalized spacial score (nSPS) is 18.0. The van der Waals surface area contributed by atoms with E-state index in [0.29, 0.717) is 11.1 Å². The Morgan fingerprint density at radius 3 is 2.61 bits per heavy atom. The number of nitrogens with one attached hydrogen (secondary N) is 1. The molecule has 2 aliphatic rings. The van der Waals surface area contributed by atoms with E-state index < -0.39 is 22.8 Å². The second-order valence-corrected chi connectivity index (χ2v) is 7.83. The number of nitrogens with zero attached hydrogens (tertiary/aromatic N) is 2. The molecule has 0 spiro atoms. The molecule has 3 rings (SSSR count). The van der Waals surface area contributed by atoms with Crippen LogP contribution in [0.2, 0.25) is 0 Å². The highest BCUT2D eigenvalue weighted by molar-refractivity contribution is 7.90. The highest BCUT2D eigenvalue weighted by atomic mass is 32.2. The van der Waals surface area contributed by atoms with E-state index in [0.717, 1.165) is 0 Å². The second kappa shape index (κ2) is 7.66. The van der Waals surface area contributed by atoms with Gasteiger partial charge in [0.25, 0.3) is 15.9 Å². The minimum absolute atomic E-state index is 0.0807. The van der Waals surface area contributed by atoms with Gasteiger partial charge in [-0.25, -0.2) is 8.42 Å². The van der Waals surface area contributed by atoms with Gasteiger partial charge in [-0.1, -0.05) is 12.1 Å². The number of hydrogen-bond donors (Lipinski definition) is 1. The first-order chi connectivity index (χ1) is 13.1. The van der Waals surface area contributed by atoms with E-state index in [4.69, 9.17) is 0 Å². The van der Waals surface area contributed by atoms with Crippen molar-refractivity contribution in [2.24, 2.45) is 4.40 Å². The standard InChI is InChI=1S/C17H16F3N3O4S/c18-17(19,20)11-27-14-4-1-12(2-5-14)9-21-16(24)13-3-6-15-22-28(25,26)8-7-23(15)10-13/h1-6,10H,7-9,11H2,(H,21,24). The molecule has 0 unspecified atom stereocenters. The molecule has 0 bridgehead atoms. The molecule has 0 saturated heterocycles. The Bertz CT molecular complexity index is 951. The van der Waals surface area contributed by atoms with Gasteiger partial charge in [-0.3, -0.25) is 4.79 Å². The van der Waals surface area contributed by atoms with Crippen LogP contribution in [0.25, 0.3) is 0 Å². The maximum atomic E-state index is 12.3. The molecule has 0 saturated carbocycles. The molecular formula is C17H16F3N3O4S. The average Bonchev–Trinajstić information content (AvgIpc) is 2.63. The lowest BCUT2D eigenvalue weighted by Gasteiger charge is -2.26. The summed E-state index contributed by atoms with van der Waals surface area (Å²) in [6.45, 7) is -0.993. The third-order valence-electron chi connectivity index (χ3n) is 3.87. The van der Waals surface area contributed by atoms with Crippen molar-refractivity contribution in [3.8, 4) is 5.75 Å². The molecular weight excluding hydrogens is 399 g/mol. The lowest BCUT2D eigenvalue weighted by Crippen LogP contribution is -2.38. The van der Waals surface area contributed by atoms with Crippen molar-refractivity contribution < 1.29 is 31.1 Å². The fraction of sp³-hybridized carbons (Fsp3) is 0.294. The first-order valence-corrected chi connectivity index (χ1v) is 9.78.